The molecule has 0 aliphatic carbocycles. The first-order valence-electron chi connectivity index (χ1n) is 5.12. The van der Waals surface area contributed by atoms with Crippen LogP contribution in [-0.4, -0.2) is 16.1 Å². The number of rotatable bonds is 2. The van der Waals surface area contributed by atoms with Crippen molar-refractivity contribution < 1.29 is 18.7 Å². The quantitative estimate of drug-likeness (QED) is 0.717. The van der Waals surface area contributed by atoms with Crippen molar-refractivity contribution in [3.8, 4) is 11.3 Å². The summed E-state index contributed by atoms with van der Waals surface area (Å²) in [6, 6.07) is 5.18. The number of hydrogen-bond acceptors (Lipinski definition) is 5. The first-order valence-corrected chi connectivity index (χ1v) is 5.12. The SMILES string of the molecule is Nc1c(C(=O)O)oc2nccc(-c3ccco3)c12. The molecule has 0 bridgehead atoms. The number of anilines is 1. The van der Waals surface area contributed by atoms with Crippen LogP contribution in [0.25, 0.3) is 22.4 Å². The van der Waals surface area contributed by atoms with Gasteiger partial charge in [0.2, 0.25) is 11.5 Å². The molecular formula is C12H8N2O4. The van der Waals surface area contributed by atoms with Crippen LogP contribution in [0.4, 0.5) is 5.69 Å². The second-order valence-electron chi connectivity index (χ2n) is 3.67. The van der Waals surface area contributed by atoms with E-state index in [0.717, 1.165) is 0 Å². The van der Waals surface area contributed by atoms with Gasteiger partial charge >= 0.3 is 5.97 Å². The first kappa shape index (κ1) is 10.4. The maximum Gasteiger partial charge on any atom is 0.374 e. The van der Waals surface area contributed by atoms with Gasteiger partial charge in [0.25, 0.3) is 0 Å². The highest BCUT2D eigenvalue weighted by Crippen LogP contribution is 2.35. The van der Waals surface area contributed by atoms with Gasteiger partial charge in [0.1, 0.15) is 5.76 Å². The van der Waals surface area contributed by atoms with Gasteiger partial charge in [0.15, 0.2) is 0 Å². The van der Waals surface area contributed by atoms with Crippen LogP contribution in [-0.2, 0) is 0 Å². The highest BCUT2D eigenvalue weighted by Gasteiger charge is 2.21. The van der Waals surface area contributed by atoms with Crippen molar-refractivity contribution in [3.05, 3.63) is 36.4 Å². The van der Waals surface area contributed by atoms with Crippen LogP contribution in [0.15, 0.2) is 39.5 Å². The van der Waals surface area contributed by atoms with Gasteiger partial charge in [0.05, 0.1) is 17.3 Å². The molecule has 18 heavy (non-hydrogen) atoms. The summed E-state index contributed by atoms with van der Waals surface area (Å²) in [5, 5.41) is 9.41. The molecule has 6 heteroatoms. The van der Waals surface area contributed by atoms with Gasteiger partial charge in [-0.3, -0.25) is 0 Å². The summed E-state index contributed by atoms with van der Waals surface area (Å²) < 4.78 is 10.4. The van der Waals surface area contributed by atoms with E-state index in [4.69, 9.17) is 19.7 Å². The monoisotopic (exact) mass is 244 g/mol. The smallest absolute Gasteiger partial charge is 0.374 e. The number of fused-ring (bicyclic) bond motifs is 1. The third-order valence-corrected chi connectivity index (χ3v) is 2.61. The molecule has 0 aliphatic rings. The molecule has 3 N–H and O–H groups in total. The summed E-state index contributed by atoms with van der Waals surface area (Å²) in [7, 11) is 0. The Kier molecular flexibility index (Phi) is 2.09. The molecule has 3 aromatic rings. The Morgan fingerprint density at radius 3 is 2.89 bits per heavy atom. The number of aromatic carboxylic acids is 1. The number of carboxylic acid groups (broad SMARTS) is 1. The normalized spacial score (nSPS) is 10.9. The molecule has 0 saturated carbocycles. The number of hydrogen-bond donors (Lipinski definition) is 2. The van der Waals surface area contributed by atoms with E-state index in [1.807, 2.05) is 0 Å². The second-order valence-corrected chi connectivity index (χ2v) is 3.67. The van der Waals surface area contributed by atoms with Crippen LogP contribution >= 0.6 is 0 Å². The Balaban J connectivity index is 2.37. The predicted octanol–water partition coefficient (Wildman–Crippen LogP) is 2.37. The third-order valence-electron chi connectivity index (χ3n) is 2.61. The second kappa shape index (κ2) is 3.63. The third kappa shape index (κ3) is 1.36. The van der Waals surface area contributed by atoms with Crippen molar-refractivity contribution in [2.24, 2.45) is 0 Å². The fourth-order valence-corrected chi connectivity index (χ4v) is 1.84. The molecule has 0 radical (unpaired) electrons. The van der Waals surface area contributed by atoms with Gasteiger partial charge in [-0.15, -0.1) is 0 Å². The van der Waals surface area contributed by atoms with E-state index in [1.165, 1.54) is 12.5 Å². The summed E-state index contributed by atoms with van der Waals surface area (Å²) in [4.78, 5) is 14.9. The fraction of sp³-hybridized carbons (Fsp3) is 0. The zero-order chi connectivity index (χ0) is 12.7. The summed E-state index contributed by atoms with van der Waals surface area (Å²) in [5.41, 5.74) is 6.67. The average Bonchev–Trinajstić information content (AvgIpc) is 2.97. The molecule has 90 valence electrons. The maximum absolute atomic E-state index is 11.0. The topological polar surface area (TPSA) is 102 Å². The van der Waals surface area contributed by atoms with E-state index in [1.54, 1.807) is 18.2 Å². The molecule has 3 aromatic heterocycles. The van der Waals surface area contributed by atoms with E-state index in [-0.39, 0.29) is 17.2 Å². The summed E-state index contributed by atoms with van der Waals surface area (Å²) in [6.07, 6.45) is 3.03. The van der Waals surface area contributed by atoms with Crippen molar-refractivity contribution in [3.63, 3.8) is 0 Å². The van der Waals surface area contributed by atoms with Crippen molar-refractivity contribution in [2.45, 2.75) is 0 Å². The molecule has 6 nitrogen and oxygen atoms in total. The molecule has 0 amide bonds. The number of furan rings is 2. The van der Waals surface area contributed by atoms with Crippen LogP contribution in [0.1, 0.15) is 10.6 Å². The number of carbonyl (C=O) groups is 1. The Labute approximate surface area is 101 Å². The van der Waals surface area contributed by atoms with Gasteiger partial charge in [-0.05, 0) is 18.2 Å². The van der Waals surface area contributed by atoms with E-state index < -0.39 is 5.97 Å². The number of carboxylic acids is 1. The zero-order valence-electron chi connectivity index (χ0n) is 9.08. The van der Waals surface area contributed by atoms with Gasteiger partial charge in [-0.2, -0.15) is 0 Å². The Morgan fingerprint density at radius 1 is 1.39 bits per heavy atom. The lowest BCUT2D eigenvalue weighted by Crippen LogP contribution is -1.98. The maximum atomic E-state index is 11.0. The van der Waals surface area contributed by atoms with Crippen molar-refractivity contribution >= 4 is 22.8 Å². The van der Waals surface area contributed by atoms with E-state index >= 15 is 0 Å². The summed E-state index contributed by atoms with van der Waals surface area (Å²) >= 11 is 0. The van der Waals surface area contributed by atoms with Crippen molar-refractivity contribution in [1.29, 1.82) is 0 Å². The van der Waals surface area contributed by atoms with E-state index in [0.29, 0.717) is 16.7 Å². The highest BCUT2D eigenvalue weighted by atomic mass is 16.4. The van der Waals surface area contributed by atoms with Gasteiger partial charge in [-0.1, -0.05) is 0 Å². The molecular weight excluding hydrogens is 236 g/mol. The lowest BCUT2D eigenvalue weighted by atomic mass is 10.1. The van der Waals surface area contributed by atoms with Crippen LogP contribution in [0.5, 0.6) is 0 Å². The lowest BCUT2D eigenvalue weighted by molar-refractivity contribution is 0.0666. The molecule has 0 saturated heterocycles. The largest absolute Gasteiger partial charge is 0.475 e. The minimum atomic E-state index is -1.23. The minimum absolute atomic E-state index is 0.0528. The summed E-state index contributed by atoms with van der Waals surface area (Å²) in [5.74, 6) is -0.959. The van der Waals surface area contributed by atoms with Gasteiger partial charge in [-0.25, -0.2) is 9.78 Å². The van der Waals surface area contributed by atoms with Crippen molar-refractivity contribution in [2.75, 3.05) is 5.73 Å². The Hall–Kier alpha value is -2.76. The predicted molar refractivity (Wildman–Crippen MR) is 63.1 cm³/mol. The number of nitrogens with zero attached hydrogens (tertiary/aromatic N) is 1. The van der Waals surface area contributed by atoms with E-state index in [2.05, 4.69) is 4.98 Å². The van der Waals surface area contributed by atoms with Crippen LogP contribution in [0.3, 0.4) is 0 Å². The average molecular weight is 244 g/mol. The number of nitrogen functional groups attached to an aromatic ring is 1. The fourth-order valence-electron chi connectivity index (χ4n) is 1.84. The van der Waals surface area contributed by atoms with Gasteiger partial charge in [0, 0.05) is 11.8 Å². The Morgan fingerprint density at radius 2 is 2.22 bits per heavy atom. The summed E-state index contributed by atoms with van der Waals surface area (Å²) in [6.45, 7) is 0. The van der Waals surface area contributed by atoms with Crippen LogP contribution in [0, 0.1) is 0 Å². The molecule has 0 atom stereocenters. The standard InChI is InChI=1S/C12H8N2O4/c13-9-8-6(7-2-1-5-17-7)3-4-14-11(8)18-10(9)12(15)16/h1-5H,13H2,(H,15,16). The molecule has 0 spiro atoms. The van der Waals surface area contributed by atoms with Crippen LogP contribution < -0.4 is 5.73 Å². The van der Waals surface area contributed by atoms with E-state index in [9.17, 15) is 4.79 Å². The molecule has 0 fully saturated rings. The number of nitrogens with two attached hydrogens (primary N) is 1. The number of pyridine rings is 1. The zero-order valence-corrected chi connectivity index (χ0v) is 9.08. The van der Waals surface area contributed by atoms with Crippen LogP contribution in [0.2, 0.25) is 0 Å². The first-order chi connectivity index (χ1) is 8.68. The minimum Gasteiger partial charge on any atom is -0.475 e. The number of aromatic nitrogens is 1. The molecule has 0 aromatic carbocycles. The molecule has 3 rings (SSSR count). The highest BCUT2D eigenvalue weighted by molar-refractivity contribution is 6.07. The van der Waals surface area contributed by atoms with Gasteiger partial charge < -0.3 is 19.7 Å². The molecule has 3 heterocycles. The van der Waals surface area contributed by atoms with Crippen molar-refractivity contribution in [1.82, 2.24) is 4.98 Å². The Bertz CT molecular complexity index is 728. The lowest BCUT2D eigenvalue weighted by Gasteiger charge is -1.98. The molecule has 0 aliphatic heterocycles. The molecule has 0 unspecified atom stereocenters.